The largest absolute Gasteiger partial charge is 0.374 e. The molecule has 5 nitrogen and oxygen atoms in total. The fraction of sp³-hybridized carbons (Fsp3) is 0.611. The van der Waals surface area contributed by atoms with Gasteiger partial charge < -0.3 is 14.5 Å². The zero-order valence-corrected chi connectivity index (χ0v) is 14.2. The molecule has 1 aromatic carbocycles. The van der Waals surface area contributed by atoms with Gasteiger partial charge in [0, 0.05) is 44.8 Å². The molecule has 2 heterocycles. The molecule has 23 heavy (non-hydrogen) atoms. The summed E-state index contributed by atoms with van der Waals surface area (Å²) in [5, 5.41) is 0. The fourth-order valence-electron chi connectivity index (χ4n) is 3.49. The Kier molecular flexibility index (Phi) is 5.30. The van der Waals surface area contributed by atoms with Crippen molar-refractivity contribution in [2.24, 2.45) is 0 Å². The number of rotatable bonds is 5. The molecule has 1 saturated heterocycles. The van der Waals surface area contributed by atoms with Crippen LogP contribution >= 0.6 is 0 Å². The highest BCUT2D eigenvalue weighted by Crippen LogP contribution is 2.27. The van der Waals surface area contributed by atoms with Gasteiger partial charge in [-0.05, 0) is 32.1 Å². The van der Waals surface area contributed by atoms with E-state index in [-0.39, 0.29) is 12.0 Å². The quantitative estimate of drug-likeness (QED) is 0.818. The van der Waals surface area contributed by atoms with Gasteiger partial charge in [-0.1, -0.05) is 18.2 Å². The van der Waals surface area contributed by atoms with Gasteiger partial charge in [0.25, 0.3) is 0 Å². The first-order valence-electron chi connectivity index (χ1n) is 8.50. The average Bonchev–Trinajstić information content (AvgIpc) is 2.96. The number of likely N-dealkylation sites (N-methyl/N-ethyl adjacent to an activating group) is 1. The predicted molar refractivity (Wildman–Crippen MR) is 91.9 cm³/mol. The minimum Gasteiger partial charge on any atom is -0.374 e. The lowest BCUT2D eigenvalue weighted by molar-refractivity contribution is -0.119. The van der Waals surface area contributed by atoms with Gasteiger partial charge in [0.15, 0.2) is 0 Å². The number of carbonyl (C=O) groups is 1. The molecular weight excluding hydrogens is 290 g/mol. The standard InChI is InChI=1S/C18H27N3O2/c1-19(2)13-16-14-20(11-12-23-16)9-8-18(22)21-10-7-15-5-3-4-6-17(15)21/h3-6,16H,7-14H2,1-2H3/t16-/m0/s1. The number of ether oxygens (including phenoxy) is 1. The molecule has 1 aromatic rings. The number of carbonyl (C=O) groups excluding carboxylic acids is 1. The molecule has 1 atom stereocenters. The van der Waals surface area contributed by atoms with Crippen LogP contribution in [0.2, 0.25) is 0 Å². The fourth-order valence-corrected chi connectivity index (χ4v) is 3.49. The Morgan fingerprint density at radius 1 is 1.30 bits per heavy atom. The molecule has 126 valence electrons. The minimum atomic E-state index is 0.241. The number of nitrogens with zero attached hydrogens (tertiary/aromatic N) is 3. The van der Waals surface area contributed by atoms with Gasteiger partial charge in [0.1, 0.15) is 0 Å². The maximum absolute atomic E-state index is 12.6. The molecule has 0 aromatic heterocycles. The van der Waals surface area contributed by atoms with E-state index in [9.17, 15) is 4.79 Å². The highest BCUT2D eigenvalue weighted by Gasteiger charge is 2.26. The highest BCUT2D eigenvalue weighted by atomic mass is 16.5. The maximum atomic E-state index is 12.6. The van der Waals surface area contributed by atoms with Crippen molar-refractivity contribution >= 4 is 11.6 Å². The van der Waals surface area contributed by atoms with E-state index in [4.69, 9.17) is 4.74 Å². The van der Waals surface area contributed by atoms with E-state index in [0.29, 0.717) is 6.42 Å². The van der Waals surface area contributed by atoms with Gasteiger partial charge in [0.2, 0.25) is 5.91 Å². The Bertz CT molecular complexity index is 547. The Morgan fingerprint density at radius 3 is 2.96 bits per heavy atom. The van der Waals surface area contributed by atoms with Gasteiger partial charge in [-0.15, -0.1) is 0 Å². The second kappa shape index (κ2) is 7.43. The lowest BCUT2D eigenvalue weighted by atomic mass is 10.2. The summed E-state index contributed by atoms with van der Waals surface area (Å²) in [4.78, 5) is 19.0. The third-order valence-corrected chi connectivity index (χ3v) is 4.62. The number of hydrogen-bond donors (Lipinski definition) is 0. The van der Waals surface area contributed by atoms with Crippen LogP contribution in [0.1, 0.15) is 12.0 Å². The summed E-state index contributed by atoms with van der Waals surface area (Å²) < 4.78 is 5.79. The van der Waals surface area contributed by atoms with E-state index in [1.807, 2.05) is 17.0 Å². The lowest BCUT2D eigenvalue weighted by Crippen LogP contribution is -2.47. The highest BCUT2D eigenvalue weighted by molar-refractivity contribution is 5.95. The first-order chi connectivity index (χ1) is 11.1. The van der Waals surface area contributed by atoms with Crippen molar-refractivity contribution in [3.05, 3.63) is 29.8 Å². The molecule has 5 heteroatoms. The van der Waals surface area contributed by atoms with Crippen molar-refractivity contribution in [2.45, 2.75) is 18.9 Å². The first-order valence-corrected chi connectivity index (χ1v) is 8.50. The van der Waals surface area contributed by atoms with Crippen molar-refractivity contribution in [3.63, 3.8) is 0 Å². The summed E-state index contributed by atoms with van der Waals surface area (Å²) >= 11 is 0. The summed E-state index contributed by atoms with van der Waals surface area (Å²) in [5.74, 6) is 0.241. The first kappa shape index (κ1) is 16.4. The minimum absolute atomic E-state index is 0.241. The van der Waals surface area contributed by atoms with Crippen molar-refractivity contribution in [1.82, 2.24) is 9.80 Å². The molecule has 0 saturated carbocycles. The molecular formula is C18H27N3O2. The molecule has 0 aliphatic carbocycles. The molecule has 0 radical (unpaired) electrons. The van der Waals surface area contributed by atoms with Crippen molar-refractivity contribution in [1.29, 1.82) is 0 Å². The molecule has 0 bridgehead atoms. The van der Waals surface area contributed by atoms with Gasteiger partial charge in [-0.2, -0.15) is 0 Å². The van der Waals surface area contributed by atoms with Crippen molar-refractivity contribution < 1.29 is 9.53 Å². The van der Waals surface area contributed by atoms with Crippen LogP contribution in [-0.4, -0.2) is 75.2 Å². The van der Waals surface area contributed by atoms with E-state index < -0.39 is 0 Å². The normalized spacial score (nSPS) is 21.7. The Labute approximate surface area is 138 Å². The van der Waals surface area contributed by atoms with Crippen molar-refractivity contribution in [3.8, 4) is 0 Å². The number of fused-ring (bicyclic) bond motifs is 1. The van der Waals surface area contributed by atoms with Gasteiger partial charge in [-0.3, -0.25) is 9.69 Å². The van der Waals surface area contributed by atoms with Gasteiger partial charge in [0.05, 0.1) is 12.7 Å². The number of hydrogen-bond acceptors (Lipinski definition) is 4. The number of amides is 1. The van der Waals surface area contributed by atoms with E-state index in [1.54, 1.807) is 0 Å². The number of morpholine rings is 1. The molecule has 0 spiro atoms. The number of para-hydroxylation sites is 1. The van der Waals surface area contributed by atoms with Crippen LogP contribution in [0.25, 0.3) is 0 Å². The Hall–Kier alpha value is -1.43. The zero-order valence-electron chi connectivity index (χ0n) is 14.2. The van der Waals surface area contributed by atoms with Gasteiger partial charge in [-0.25, -0.2) is 0 Å². The molecule has 0 N–H and O–H groups in total. The lowest BCUT2D eigenvalue weighted by Gasteiger charge is -2.34. The van der Waals surface area contributed by atoms with E-state index in [2.05, 4.69) is 36.0 Å². The number of anilines is 1. The molecule has 1 amide bonds. The Morgan fingerprint density at radius 2 is 2.13 bits per heavy atom. The van der Waals surface area contributed by atoms with Crippen LogP contribution in [0.15, 0.2) is 24.3 Å². The third kappa shape index (κ3) is 4.10. The van der Waals surface area contributed by atoms with Crippen LogP contribution in [-0.2, 0) is 16.0 Å². The maximum Gasteiger partial charge on any atom is 0.228 e. The smallest absolute Gasteiger partial charge is 0.228 e. The summed E-state index contributed by atoms with van der Waals surface area (Å²) in [6, 6.07) is 8.24. The van der Waals surface area contributed by atoms with E-state index >= 15 is 0 Å². The zero-order chi connectivity index (χ0) is 16.2. The van der Waals surface area contributed by atoms with Crippen LogP contribution in [0.4, 0.5) is 5.69 Å². The Balaban J connectivity index is 1.50. The van der Waals surface area contributed by atoms with Crippen LogP contribution < -0.4 is 4.90 Å². The third-order valence-electron chi connectivity index (χ3n) is 4.62. The van der Waals surface area contributed by atoms with Gasteiger partial charge >= 0.3 is 0 Å². The molecule has 2 aliphatic heterocycles. The van der Waals surface area contributed by atoms with Crippen molar-refractivity contribution in [2.75, 3.05) is 58.3 Å². The topological polar surface area (TPSA) is 36.0 Å². The summed E-state index contributed by atoms with van der Waals surface area (Å²) in [6.45, 7) is 5.19. The average molecular weight is 317 g/mol. The van der Waals surface area contributed by atoms with E-state index in [0.717, 1.165) is 51.4 Å². The second-order valence-corrected chi connectivity index (χ2v) is 6.73. The summed E-state index contributed by atoms with van der Waals surface area (Å²) in [5.41, 5.74) is 2.39. The monoisotopic (exact) mass is 317 g/mol. The molecule has 1 fully saturated rings. The van der Waals surface area contributed by atoms with E-state index in [1.165, 1.54) is 5.56 Å². The summed E-state index contributed by atoms with van der Waals surface area (Å²) in [7, 11) is 4.13. The van der Waals surface area contributed by atoms with Crippen LogP contribution in [0.5, 0.6) is 0 Å². The second-order valence-electron chi connectivity index (χ2n) is 6.73. The number of benzene rings is 1. The predicted octanol–water partition coefficient (Wildman–Crippen LogP) is 1.23. The molecule has 3 rings (SSSR count). The SMILES string of the molecule is CN(C)C[C@H]1CN(CCC(=O)N2CCc3ccccc32)CCO1. The van der Waals surface area contributed by atoms with Crippen LogP contribution in [0.3, 0.4) is 0 Å². The summed E-state index contributed by atoms with van der Waals surface area (Å²) in [6.07, 6.45) is 1.81. The van der Waals surface area contributed by atoms with Crippen LogP contribution in [0, 0.1) is 0 Å². The molecule has 2 aliphatic rings. The molecule has 0 unspecified atom stereocenters.